The predicted octanol–water partition coefficient (Wildman–Crippen LogP) is 8.40. The number of nitrogens with zero attached hydrogens (tertiary/aromatic N) is 1. The Bertz CT molecular complexity index is 1240. The second-order valence-electron chi connectivity index (χ2n) is 9.03. The van der Waals surface area contributed by atoms with Gasteiger partial charge in [0.1, 0.15) is 23.1 Å². The summed E-state index contributed by atoms with van der Waals surface area (Å²) >= 11 is 1.43. The molecule has 0 saturated carbocycles. The van der Waals surface area contributed by atoms with Crippen LogP contribution in [0.5, 0.6) is 5.75 Å². The van der Waals surface area contributed by atoms with Crippen LogP contribution in [0.15, 0.2) is 54.3 Å². The van der Waals surface area contributed by atoms with Crippen molar-refractivity contribution < 1.29 is 27.4 Å². The van der Waals surface area contributed by atoms with Crippen molar-refractivity contribution in [2.75, 3.05) is 13.7 Å². The molecule has 0 unspecified atom stereocenters. The van der Waals surface area contributed by atoms with Crippen LogP contribution < -0.4 is 4.74 Å². The van der Waals surface area contributed by atoms with Gasteiger partial charge < -0.3 is 9.47 Å². The maximum Gasteiger partial charge on any atom is 0.416 e. The van der Waals surface area contributed by atoms with Crippen molar-refractivity contribution in [2.24, 2.45) is 0 Å². The molecule has 0 saturated heterocycles. The summed E-state index contributed by atoms with van der Waals surface area (Å²) in [6.45, 7) is 8.28. The molecule has 1 aromatic heterocycles. The molecule has 0 amide bonds. The number of Topliss-reactive ketones (excluding diaryl/α,β-unsaturated/α-hetero) is 1. The molecule has 0 radical (unpaired) electrons. The third kappa shape index (κ3) is 7.44. The van der Waals surface area contributed by atoms with Gasteiger partial charge in [0.25, 0.3) is 0 Å². The SMILES string of the molecule is CC/C=C(\COc1ccc(C(=O)CCc2sc(-c3ccc(C(F)(F)F)cc3)nc2C(C)C)cc1C)OC. The van der Waals surface area contributed by atoms with E-state index in [2.05, 4.69) is 0 Å². The van der Waals surface area contributed by atoms with E-state index in [1.165, 1.54) is 23.5 Å². The van der Waals surface area contributed by atoms with Gasteiger partial charge in [-0.05, 0) is 67.7 Å². The largest absolute Gasteiger partial charge is 0.498 e. The van der Waals surface area contributed by atoms with E-state index in [0.29, 0.717) is 41.3 Å². The standard InChI is InChI=1S/C29H32F3NO3S/c1-6-7-23(35-5)17-36-25-14-10-21(16-19(25)4)24(34)13-15-26-27(18(2)3)33-28(37-26)20-8-11-22(12-9-20)29(30,31)32/h7-12,14,16,18H,6,13,15,17H2,1-5H3/b23-7+. The van der Waals surface area contributed by atoms with Gasteiger partial charge in [-0.1, -0.05) is 32.9 Å². The minimum Gasteiger partial charge on any atom is -0.498 e. The number of alkyl halides is 3. The number of methoxy groups -OCH3 is 1. The highest BCUT2D eigenvalue weighted by molar-refractivity contribution is 7.15. The number of hydrogen-bond donors (Lipinski definition) is 0. The fourth-order valence-electron chi connectivity index (χ4n) is 3.85. The quantitative estimate of drug-likeness (QED) is 0.184. The Morgan fingerprint density at radius 1 is 1.14 bits per heavy atom. The molecule has 0 aliphatic heterocycles. The van der Waals surface area contributed by atoms with Crippen LogP contribution in [0.25, 0.3) is 10.6 Å². The summed E-state index contributed by atoms with van der Waals surface area (Å²) in [7, 11) is 1.61. The molecule has 3 rings (SSSR count). The first kappa shape index (κ1) is 28.4. The maximum absolute atomic E-state index is 13.0. The monoisotopic (exact) mass is 531 g/mol. The van der Waals surface area contributed by atoms with Gasteiger partial charge in [-0.25, -0.2) is 4.98 Å². The molecule has 0 spiro atoms. The number of benzene rings is 2. The van der Waals surface area contributed by atoms with E-state index in [4.69, 9.17) is 14.5 Å². The van der Waals surface area contributed by atoms with Crippen molar-refractivity contribution >= 4 is 17.1 Å². The Kier molecular flexibility index (Phi) is 9.54. The molecule has 3 aromatic rings. The highest BCUT2D eigenvalue weighted by atomic mass is 32.1. The van der Waals surface area contributed by atoms with E-state index in [-0.39, 0.29) is 11.7 Å². The fraction of sp³-hybridized carbons (Fsp3) is 0.379. The van der Waals surface area contributed by atoms with E-state index in [1.807, 2.05) is 39.8 Å². The topological polar surface area (TPSA) is 48.4 Å². The van der Waals surface area contributed by atoms with Gasteiger partial charge >= 0.3 is 6.18 Å². The molecular formula is C29H32F3NO3S. The summed E-state index contributed by atoms with van der Waals surface area (Å²) in [4.78, 5) is 18.7. The normalized spacial score (nSPS) is 12.2. The van der Waals surface area contributed by atoms with E-state index in [0.717, 1.165) is 40.4 Å². The Balaban J connectivity index is 1.70. The molecule has 0 atom stereocenters. The Labute approximate surface area is 220 Å². The zero-order valence-corrected chi connectivity index (χ0v) is 22.6. The van der Waals surface area contributed by atoms with E-state index in [1.54, 1.807) is 19.2 Å². The second-order valence-corrected chi connectivity index (χ2v) is 10.1. The van der Waals surface area contributed by atoms with Gasteiger partial charge in [0.2, 0.25) is 0 Å². The van der Waals surface area contributed by atoms with Crippen LogP contribution in [-0.2, 0) is 17.3 Å². The third-order valence-electron chi connectivity index (χ3n) is 5.87. The van der Waals surface area contributed by atoms with Crippen LogP contribution in [-0.4, -0.2) is 24.5 Å². The minimum atomic E-state index is -4.38. The molecule has 0 aliphatic carbocycles. The zero-order chi connectivity index (χ0) is 27.2. The van der Waals surface area contributed by atoms with Crippen molar-refractivity contribution in [1.82, 2.24) is 4.98 Å². The van der Waals surface area contributed by atoms with Crippen molar-refractivity contribution in [3.63, 3.8) is 0 Å². The van der Waals surface area contributed by atoms with Crippen LogP contribution in [0, 0.1) is 6.92 Å². The molecule has 1 heterocycles. The smallest absolute Gasteiger partial charge is 0.416 e. The van der Waals surface area contributed by atoms with Crippen LogP contribution in [0.3, 0.4) is 0 Å². The number of halogens is 3. The molecule has 198 valence electrons. The Morgan fingerprint density at radius 2 is 1.84 bits per heavy atom. The second kappa shape index (κ2) is 12.4. The van der Waals surface area contributed by atoms with Crippen LogP contribution >= 0.6 is 11.3 Å². The number of allylic oxidation sites excluding steroid dienone is 1. The number of hydrogen-bond acceptors (Lipinski definition) is 5. The Morgan fingerprint density at radius 3 is 2.41 bits per heavy atom. The van der Waals surface area contributed by atoms with Gasteiger partial charge in [0, 0.05) is 22.4 Å². The van der Waals surface area contributed by atoms with Gasteiger partial charge in [-0.3, -0.25) is 4.79 Å². The van der Waals surface area contributed by atoms with E-state index in [9.17, 15) is 18.0 Å². The molecule has 8 heteroatoms. The predicted molar refractivity (Wildman–Crippen MR) is 141 cm³/mol. The number of carbonyl (C=O) groups is 1. The molecule has 0 bridgehead atoms. The summed E-state index contributed by atoms with van der Waals surface area (Å²) in [5.41, 5.74) is 2.30. The van der Waals surface area contributed by atoms with Gasteiger partial charge in [-0.2, -0.15) is 13.2 Å². The number of rotatable bonds is 11. The molecule has 2 aromatic carbocycles. The number of carbonyl (C=O) groups excluding carboxylic acids is 1. The number of thiazole rings is 1. The van der Waals surface area contributed by atoms with Crippen molar-refractivity contribution in [3.8, 4) is 16.3 Å². The van der Waals surface area contributed by atoms with Crippen LogP contribution in [0.2, 0.25) is 0 Å². The maximum atomic E-state index is 13.0. The molecule has 0 aliphatic rings. The van der Waals surface area contributed by atoms with E-state index < -0.39 is 11.7 Å². The lowest BCUT2D eigenvalue weighted by molar-refractivity contribution is -0.137. The third-order valence-corrected chi connectivity index (χ3v) is 7.05. The lowest BCUT2D eigenvalue weighted by Crippen LogP contribution is -2.06. The van der Waals surface area contributed by atoms with Crippen molar-refractivity contribution in [1.29, 1.82) is 0 Å². The highest BCUT2D eigenvalue weighted by Gasteiger charge is 2.30. The molecule has 0 fully saturated rings. The van der Waals surface area contributed by atoms with Crippen molar-refractivity contribution in [3.05, 3.63) is 81.6 Å². The highest BCUT2D eigenvalue weighted by Crippen LogP contribution is 2.35. The zero-order valence-electron chi connectivity index (χ0n) is 21.7. The lowest BCUT2D eigenvalue weighted by atomic mass is 10.0. The van der Waals surface area contributed by atoms with E-state index >= 15 is 0 Å². The first-order valence-corrected chi connectivity index (χ1v) is 13.0. The summed E-state index contributed by atoms with van der Waals surface area (Å²) in [6.07, 6.45) is -0.746. The number of ketones is 1. The van der Waals surface area contributed by atoms with Crippen molar-refractivity contribution in [2.45, 2.75) is 59.1 Å². The minimum absolute atomic E-state index is 0.0114. The number of aryl methyl sites for hydroxylation is 2. The van der Waals surface area contributed by atoms with Gasteiger partial charge in [0.05, 0.1) is 18.4 Å². The molecular weight excluding hydrogens is 499 g/mol. The van der Waals surface area contributed by atoms with Crippen LogP contribution in [0.4, 0.5) is 13.2 Å². The lowest BCUT2D eigenvalue weighted by Gasteiger charge is -2.12. The summed E-state index contributed by atoms with van der Waals surface area (Å²) in [5.74, 6) is 1.59. The number of ether oxygens (including phenoxy) is 2. The molecule has 0 N–H and O–H groups in total. The first-order valence-electron chi connectivity index (χ1n) is 12.2. The van der Waals surface area contributed by atoms with Gasteiger partial charge in [-0.15, -0.1) is 11.3 Å². The number of aromatic nitrogens is 1. The molecule has 37 heavy (non-hydrogen) atoms. The summed E-state index contributed by atoms with van der Waals surface area (Å²) in [5, 5.41) is 0.657. The molecule has 4 nitrogen and oxygen atoms in total. The van der Waals surface area contributed by atoms with Crippen LogP contribution in [0.1, 0.15) is 71.6 Å². The average molecular weight is 532 g/mol. The fourth-order valence-corrected chi connectivity index (χ4v) is 5.07. The summed E-state index contributed by atoms with van der Waals surface area (Å²) in [6, 6.07) is 10.4. The average Bonchev–Trinajstić information content (AvgIpc) is 3.30. The van der Waals surface area contributed by atoms with Gasteiger partial charge in [0.15, 0.2) is 5.78 Å². The summed E-state index contributed by atoms with van der Waals surface area (Å²) < 4.78 is 49.9. The Hall–Kier alpha value is -3.13. The first-order chi connectivity index (χ1) is 17.5.